The van der Waals surface area contributed by atoms with E-state index < -0.39 is 0 Å². The number of benzene rings is 2. The first-order chi connectivity index (χ1) is 14.2. The van der Waals surface area contributed by atoms with Crippen LogP contribution in [0.2, 0.25) is 0 Å². The van der Waals surface area contributed by atoms with Crippen LogP contribution in [0, 0.1) is 11.7 Å². The minimum absolute atomic E-state index is 0.116. The SMILES string of the molecule is O=C(Nc1[nH]ncc1-c1ccc2c(c1)OCO2)C1CCN(c2ccccc2F)C1. The molecule has 2 N–H and O–H groups in total. The van der Waals surface area contributed by atoms with Crippen molar-refractivity contribution in [1.29, 1.82) is 0 Å². The highest BCUT2D eigenvalue weighted by Gasteiger charge is 2.30. The van der Waals surface area contributed by atoms with E-state index in [-0.39, 0.29) is 24.4 Å². The molecule has 5 rings (SSSR count). The number of hydrogen-bond donors (Lipinski definition) is 2. The topological polar surface area (TPSA) is 79.5 Å². The lowest BCUT2D eigenvalue weighted by Gasteiger charge is -2.19. The molecule has 0 radical (unpaired) electrons. The van der Waals surface area contributed by atoms with E-state index in [0.29, 0.717) is 42.5 Å². The Hall–Kier alpha value is -3.55. The molecule has 1 unspecified atom stereocenters. The van der Waals surface area contributed by atoms with Crippen LogP contribution in [-0.2, 0) is 4.79 Å². The van der Waals surface area contributed by atoms with Crippen LogP contribution in [0.4, 0.5) is 15.9 Å². The highest BCUT2D eigenvalue weighted by molar-refractivity contribution is 5.96. The van der Waals surface area contributed by atoms with Crippen molar-refractivity contribution in [1.82, 2.24) is 10.2 Å². The van der Waals surface area contributed by atoms with Gasteiger partial charge in [-0.15, -0.1) is 0 Å². The molecule has 0 aliphatic carbocycles. The van der Waals surface area contributed by atoms with E-state index in [1.807, 2.05) is 23.1 Å². The highest BCUT2D eigenvalue weighted by atomic mass is 19.1. The normalized spacial score (nSPS) is 17.6. The van der Waals surface area contributed by atoms with Crippen LogP contribution >= 0.6 is 0 Å². The molecule has 0 bridgehead atoms. The Morgan fingerprint density at radius 2 is 2.07 bits per heavy atom. The first-order valence-corrected chi connectivity index (χ1v) is 9.43. The lowest BCUT2D eigenvalue weighted by Crippen LogP contribution is -2.27. The quantitative estimate of drug-likeness (QED) is 0.709. The summed E-state index contributed by atoms with van der Waals surface area (Å²) in [7, 11) is 0. The third-order valence-electron chi connectivity index (χ3n) is 5.32. The molecule has 3 heterocycles. The summed E-state index contributed by atoms with van der Waals surface area (Å²) in [6, 6.07) is 12.2. The molecule has 3 aromatic rings. The fraction of sp³-hybridized carbons (Fsp3) is 0.238. The molecule has 1 atom stereocenters. The third kappa shape index (κ3) is 3.26. The van der Waals surface area contributed by atoms with E-state index in [4.69, 9.17) is 9.47 Å². The second-order valence-electron chi connectivity index (χ2n) is 7.10. The number of H-pyrrole nitrogens is 1. The lowest BCUT2D eigenvalue weighted by molar-refractivity contribution is -0.119. The maximum Gasteiger partial charge on any atom is 0.231 e. The van der Waals surface area contributed by atoms with Crippen LogP contribution < -0.4 is 19.7 Å². The van der Waals surface area contributed by atoms with Gasteiger partial charge < -0.3 is 19.7 Å². The highest BCUT2D eigenvalue weighted by Crippen LogP contribution is 2.37. The maximum absolute atomic E-state index is 14.0. The van der Waals surface area contributed by atoms with Gasteiger partial charge in [-0.2, -0.15) is 5.10 Å². The second kappa shape index (κ2) is 7.12. The summed E-state index contributed by atoms with van der Waals surface area (Å²) in [5.41, 5.74) is 2.16. The first kappa shape index (κ1) is 17.5. The molecule has 29 heavy (non-hydrogen) atoms. The zero-order valence-corrected chi connectivity index (χ0v) is 15.5. The number of anilines is 2. The van der Waals surface area contributed by atoms with Gasteiger partial charge in [0, 0.05) is 18.7 Å². The number of amides is 1. The molecule has 0 saturated carbocycles. The van der Waals surface area contributed by atoms with Crippen molar-refractivity contribution in [2.24, 2.45) is 5.92 Å². The molecule has 7 nitrogen and oxygen atoms in total. The number of ether oxygens (including phenoxy) is 2. The maximum atomic E-state index is 14.0. The van der Waals surface area contributed by atoms with Crippen molar-refractivity contribution in [3.05, 3.63) is 54.5 Å². The zero-order valence-electron chi connectivity index (χ0n) is 15.5. The van der Waals surface area contributed by atoms with E-state index >= 15 is 0 Å². The van der Waals surface area contributed by atoms with Gasteiger partial charge in [-0.05, 0) is 36.2 Å². The zero-order chi connectivity index (χ0) is 19.8. The number of para-hydroxylation sites is 1. The van der Waals surface area contributed by atoms with Crippen LogP contribution in [0.15, 0.2) is 48.7 Å². The van der Waals surface area contributed by atoms with Crippen LogP contribution in [-0.4, -0.2) is 36.0 Å². The molecular weight excluding hydrogens is 375 g/mol. The standard InChI is InChI=1S/C21H19FN4O3/c22-16-3-1-2-4-17(16)26-8-7-14(11-26)21(27)24-20-15(10-23-25-20)13-5-6-18-19(9-13)29-12-28-18/h1-6,9-10,14H,7-8,11-12H2,(H2,23,24,25,27). The van der Waals surface area contributed by atoms with Crippen LogP contribution in [0.3, 0.4) is 0 Å². The van der Waals surface area contributed by atoms with E-state index in [2.05, 4.69) is 15.5 Å². The second-order valence-corrected chi connectivity index (χ2v) is 7.10. The van der Waals surface area contributed by atoms with Crippen molar-refractivity contribution in [3.8, 4) is 22.6 Å². The van der Waals surface area contributed by atoms with Gasteiger partial charge in [0.2, 0.25) is 12.7 Å². The minimum atomic E-state index is -0.271. The Morgan fingerprint density at radius 1 is 1.21 bits per heavy atom. The van der Waals surface area contributed by atoms with Gasteiger partial charge in [0.1, 0.15) is 11.6 Å². The number of nitrogens with one attached hydrogen (secondary N) is 2. The van der Waals surface area contributed by atoms with E-state index in [1.54, 1.807) is 24.4 Å². The summed E-state index contributed by atoms with van der Waals surface area (Å²) in [6.45, 7) is 1.31. The van der Waals surface area contributed by atoms with Gasteiger partial charge in [0.15, 0.2) is 11.5 Å². The minimum Gasteiger partial charge on any atom is -0.454 e. The number of halogens is 1. The van der Waals surface area contributed by atoms with E-state index in [0.717, 1.165) is 11.1 Å². The van der Waals surface area contributed by atoms with Crippen LogP contribution in [0.25, 0.3) is 11.1 Å². The van der Waals surface area contributed by atoms with Crippen LogP contribution in [0.5, 0.6) is 11.5 Å². The van der Waals surface area contributed by atoms with Crippen molar-refractivity contribution in [3.63, 3.8) is 0 Å². The average molecular weight is 394 g/mol. The fourth-order valence-corrected chi connectivity index (χ4v) is 3.79. The van der Waals surface area contributed by atoms with Crippen LogP contribution in [0.1, 0.15) is 6.42 Å². The summed E-state index contributed by atoms with van der Waals surface area (Å²) >= 11 is 0. The van der Waals surface area contributed by atoms with Crippen molar-refractivity contribution < 1.29 is 18.7 Å². The predicted molar refractivity (Wildman–Crippen MR) is 105 cm³/mol. The molecule has 2 aliphatic heterocycles. The molecule has 148 valence electrons. The Kier molecular flexibility index (Phi) is 4.31. The van der Waals surface area contributed by atoms with Crippen molar-refractivity contribution >= 4 is 17.4 Å². The molecule has 1 aromatic heterocycles. The van der Waals surface area contributed by atoms with E-state index in [1.165, 1.54) is 6.07 Å². The first-order valence-electron chi connectivity index (χ1n) is 9.43. The number of rotatable bonds is 4. The Labute approximate surface area is 166 Å². The van der Waals surface area contributed by atoms with Gasteiger partial charge in [0.25, 0.3) is 0 Å². The van der Waals surface area contributed by atoms with Gasteiger partial charge in [0.05, 0.1) is 17.8 Å². The van der Waals surface area contributed by atoms with E-state index in [9.17, 15) is 9.18 Å². The molecule has 1 saturated heterocycles. The fourth-order valence-electron chi connectivity index (χ4n) is 3.79. The average Bonchev–Trinajstić information content (AvgIpc) is 3.48. The summed E-state index contributed by atoms with van der Waals surface area (Å²) in [6.07, 6.45) is 2.32. The number of aromatic nitrogens is 2. The number of hydrogen-bond acceptors (Lipinski definition) is 5. The summed E-state index contributed by atoms with van der Waals surface area (Å²) in [5, 5.41) is 9.86. The third-order valence-corrected chi connectivity index (χ3v) is 5.32. The summed E-state index contributed by atoms with van der Waals surface area (Å²) in [4.78, 5) is 14.7. The molecule has 8 heteroatoms. The van der Waals surface area contributed by atoms with Gasteiger partial charge >= 0.3 is 0 Å². The Bertz CT molecular complexity index is 1070. The molecule has 1 amide bonds. The number of aromatic amines is 1. The summed E-state index contributed by atoms with van der Waals surface area (Å²) in [5.74, 6) is 1.27. The molecule has 0 spiro atoms. The number of nitrogens with zero attached hydrogens (tertiary/aromatic N) is 2. The molecular formula is C21H19FN4O3. The number of carbonyl (C=O) groups excluding carboxylic acids is 1. The van der Waals surface area contributed by atoms with Gasteiger partial charge in [-0.3, -0.25) is 9.89 Å². The summed E-state index contributed by atoms with van der Waals surface area (Å²) < 4.78 is 24.8. The molecule has 2 aliphatic rings. The largest absolute Gasteiger partial charge is 0.454 e. The lowest BCUT2D eigenvalue weighted by atomic mass is 10.1. The van der Waals surface area contributed by atoms with Gasteiger partial charge in [-0.1, -0.05) is 18.2 Å². The van der Waals surface area contributed by atoms with Crippen molar-refractivity contribution in [2.75, 3.05) is 30.1 Å². The number of fused-ring (bicyclic) bond motifs is 1. The molecule has 1 fully saturated rings. The predicted octanol–water partition coefficient (Wildman–Crippen LogP) is 3.41. The Morgan fingerprint density at radius 3 is 2.97 bits per heavy atom. The van der Waals surface area contributed by atoms with Gasteiger partial charge in [-0.25, -0.2) is 4.39 Å². The molecule has 2 aromatic carbocycles. The smallest absolute Gasteiger partial charge is 0.231 e. The monoisotopic (exact) mass is 394 g/mol. The van der Waals surface area contributed by atoms with Crippen molar-refractivity contribution in [2.45, 2.75) is 6.42 Å². The number of carbonyl (C=O) groups is 1. The Balaban J connectivity index is 1.30.